The number of nitrogens with zero attached hydrogens (tertiary/aromatic N) is 2. The first-order valence-corrected chi connectivity index (χ1v) is 7.85. The van der Waals surface area contributed by atoms with E-state index in [4.69, 9.17) is 0 Å². The molecule has 0 saturated carbocycles. The number of aromatic nitrogens is 1. The van der Waals surface area contributed by atoms with Gasteiger partial charge >= 0.3 is 0 Å². The van der Waals surface area contributed by atoms with E-state index in [1.165, 1.54) is 5.56 Å². The minimum atomic E-state index is -0.251. The van der Waals surface area contributed by atoms with E-state index in [0.717, 1.165) is 22.4 Å². The quantitative estimate of drug-likeness (QED) is 0.732. The fourth-order valence-electron chi connectivity index (χ4n) is 2.92. The van der Waals surface area contributed by atoms with Crippen LogP contribution in [0.1, 0.15) is 22.3 Å². The molecule has 24 heavy (non-hydrogen) atoms. The van der Waals surface area contributed by atoms with Gasteiger partial charge in [-0.1, -0.05) is 54.1 Å². The zero-order valence-corrected chi connectivity index (χ0v) is 13.8. The number of benzene rings is 2. The molecule has 0 bridgehead atoms. The van der Waals surface area contributed by atoms with Gasteiger partial charge in [0.2, 0.25) is 0 Å². The van der Waals surface area contributed by atoms with Gasteiger partial charge in [0, 0.05) is 5.56 Å². The molecule has 2 aromatic carbocycles. The predicted octanol–water partition coefficient (Wildman–Crippen LogP) is 4.05. The van der Waals surface area contributed by atoms with Gasteiger partial charge in [-0.05, 0) is 37.1 Å². The molecule has 3 rings (SSSR count). The normalized spacial score (nSPS) is 10.4. The summed E-state index contributed by atoms with van der Waals surface area (Å²) in [7, 11) is 0. The van der Waals surface area contributed by atoms with Crippen molar-refractivity contribution in [3.63, 3.8) is 0 Å². The number of aryl methyl sites for hydroxylation is 2. The Bertz CT molecular complexity index is 979. The van der Waals surface area contributed by atoms with Crippen LogP contribution in [0.15, 0.2) is 65.5 Å². The highest BCUT2D eigenvalue weighted by Gasteiger charge is 2.12. The van der Waals surface area contributed by atoms with Crippen molar-refractivity contribution in [2.45, 2.75) is 20.4 Å². The maximum atomic E-state index is 12.7. The molecular weight excluding hydrogens is 296 g/mol. The van der Waals surface area contributed by atoms with E-state index in [2.05, 4.69) is 6.07 Å². The molecule has 0 N–H and O–H groups in total. The molecule has 0 aliphatic carbocycles. The minimum Gasteiger partial charge on any atom is -0.303 e. The SMILES string of the molecule is Cc1ccc(-c2ccc(C#N)c(=O)n2Cc2ccccc2)c(C)c1. The van der Waals surface area contributed by atoms with Crippen LogP contribution in [-0.4, -0.2) is 4.57 Å². The van der Waals surface area contributed by atoms with Gasteiger partial charge in [0.05, 0.1) is 12.2 Å². The Kier molecular flexibility index (Phi) is 4.31. The largest absolute Gasteiger partial charge is 0.303 e. The molecule has 3 heteroatoms. The van der Waals surface area contributed by atoms with Crippen LogP contribution < -0.4 is 5.56 Å². The van der Waals surface area contributed by atoms with E-state index in [1.807, 2.05) is 68.4 Å². The van der Waals surface area contributed by atoms with E-state index in [9.17, 15) is 10.1 Å². The Morgan fingerprint density at radius 1 is 1.00 bits per heavy atom. The molecule has 0 fully saturated rings. The maximum Gasteiger partial charge on any atom is 0.269 e. The topological polar surface area (TPSA) is 45.8 Å². The number of pyridine rings is 1. The van der Waals surface area contributed by atoms with Crippen molar-refractivity contribution >= 4 is 0 Å². The molecule has 0 saturated heterocycles. The van der Waals surface area contributed by atoms with Crippen LogP contribution in [0.4, 0.5) is 0 Å². The van der Waals surface area contributed by atoms with Crippen LogP contribution in [-0.2, 0) is 6.54 Å². The fourth-order valence-corrected chi connectivity index (χ4v) is 2.92. The molecule has 1 heterocycles. The van der Waals surface area contributed by atoms with E-state index in [-0.39, 0.29) is 11.1 Å². The third kappa shape index (κ3) is 3.00. The number of hydrogen-bond donors (Lipinski definition) is 0. The highest BCUT2D eigenvalue weighted by molar-refractivity contribution is 5.65. The smallest absolute Gasteiger partial charge is 0.269 e. The summed E-state index contributed by atoms with van der Waals surface area (Å²) in [6, 6.07) is 21.5. The predicted molar refractivity (Wildman–Crippen MR) is 95.9 cm³/mol. The van der Waals surface area contributed by atoms with Crippen LogP contribution in [0.25, 0.3) is 11.3 Å². The van der Waals surface area contributed by atoms with Gasteiger partial charge in [0.15, 0.2) is 0 Å². The lowest BCUT2D eigenvalue weighted by atomic mass is 10.0. The molecule has 118 valence electrons. The summed E-state index contributed by atoms with van der Waals surface area (Å²) >= 11 is 0. The molecule has 0 atom stereocenters. The van der Waals surface area contributed by atoms with Crippen LogP contribution in [0, 0.1) is 25.2 Å². The van der Waals surface area contributed by atoms with Gasteiger partial charge in [-0.2, -0.15) is 5.26 Å². The molecule has 0 aliphatic heterocycles. The average molecular weight is 314 g/mol. The van der Waals surface area contributed by atoms with Gasteiger partial charge in [-0.15, -0.1) is 0 Å². The molecule has 3 aromatic rings. The maximum absolute atomic E-state index is 12.7. The van der Waals surface area contributed by atoms with E-state index < -0.39 is 0 Å². The van der Waals surface area contributed by atoms with Crippen molar-refractivity contribution in [1.82, 2.24) is 4.57 Å². The van der Waals surface area contributed by atoms with Gasteiger partial charge in [0.25, 0.3) is 5.56 Å². The van der Waals surface area contributed by atoms with E-state index in [1.54, 1.807) is 10.6 Å². The second-order valence-corrected chi connectivity index (χ2v) is 5.94. The third-order valence-electron chi connectivity index (χ3n) is 4.14. The van der Waals surface area contributed by atoms with Crippen molar-refractivity contribution in [3.05, 3.63) is 93.3 Å². The molecule has 0 aliphatic rings. The lowest BCUT2D eigenvalue weighted by molar-refractivity contribution is 0.765. The Balaban J connectivity index is 2.21. The Morgan fingerprint density at radius 3 is 2.42 bits per heavy atom. The van der Waals surface area contributed by atoms with E-state index in [0.29, 0.717) is 6.54 Å². The van der Waals surface area contributed by atoms with Gasteiger partial charge in [-0.25, -0.2) is 0 Å². The van der Waals surface area contributed by atoms with Crippen LogP contribution in [0.2, 0.25) is 0 Å². The van der Waals surface area contributed by atoms with Crippen LogP contribution in [0.3, 0.4) is 0 Å². The zero-order valence-electron chi connectivity index (χ0n) is 13.8. The second kappa shape index (κ2) is 6.55. The third-order valence-corrected chi connectivity index (χ3v) is 4.14. The summed E-state index contributed by atoms with van der Waals surface area (Å²) in [4.78, 5) is 12.7. The van der Waals surface area contributed by atoms with Gasteiger partial charge < -0.3 is 4.57 Å². The zero-order chi connectivity index (χ0) is 17.1. The Morgan fingerprint density at radius 2 is 1.75 bits per heavy atom. The lowest BCUT2D eigenvalue weighted by Gasteiger charge is -2.16. The first kappa shape index (κ1) is 15.8. The minimum absolute atomic E-state index is 0.166. The average Bonchev–Trinajstić information content (AvgIpc) is 2.58. The molecule has 1 aromatic heterocycles. The number of nitriles is 1. The molecular formula is C21H18N2O. The van der Waals surface area contributed by atoms with Gasteiger partial charge in [0.1, 0.15) is 11.6 Å². The summed E-state index contributed by atoms with van der Waals surface area (Å²) < 4.78 is 1.69. The highest BCUT2D eigenvalue weighted by Crippen LogP contribution is 2.24. The van der Waals surface area contributed by atoms with Crippen molar-refractivity contribution in [3.8, 4) is 17.3 Å². The van der Waals surface area contributed by atoms with Crippen molar-refractivity contribution in [1.29, 1.82) is 5.26 Å². The van der Waals surface area contributed by atoms with Crippen LogP contribution >= 0.6 is 0 Å². The summed E-state index contributed by atoms with van der Waals surface area (Å²) in [5, 5.41) is 9.20. The summed E-state index contributed by atoms with van der Waals surface area (Å²) in [6.45, 7) is 4.53. The number of rotatable bonds is 3. The van der Waals surface area contributed by atoms with Gasteiger partial charge in [-0.3, -0.25) is 4.79 Å². The monoisotopic (exact) mass is 314 g/mol. The number of hydrogen-bond acceptors (Lipinski definition) is 2. The standard InChI is InChI=1S/C21H18N2O/c1-15-8-10-19(16(2)12-15)20-11-9-18(13-22)21(24)23(20)14-17-6-4-3-5-7-17/h3-12H,14H2,1-2H3. The second-order valence-electron chi connectivity index (χ2n) is 5.94. The molecule has 0 radical (unpaired) electrons. The molecule has 0 unspecified atom stereocenters. The Labute approximate surface area is 141 Å². The highest BCUT2D eigenvalue weighted by atomic mass is 16.1. The summed E-state index contributed by atoms with van der Waals surface area (Å²) in [6.07, 6.45) is 0. The lowest BCUT2D eigenvalue weighted by Crippen LogP contribution is -2.24. The van der Waals surface area contributed by atoms with E-state index >= 15 is 0 Å². The molecule has 0 amide bonds. The summed E-state index contributed by atoms with van der Waals surface area (Å²) in [5.41, 5.74) is 5.08. The van der Waals surface area contributed by atoms with Crippen molar-refractivity contribution in [2.24, 2.45) is 0 Å². The fraction of sp³-hybridized carbons (Fsp3) is 0.143. The molecule has 3 nitrogen and oxygen atoms in total. The van der Waals surface area contributed by atoms with Crippen molar-refractivity contribution in [2.75, 3.05) is 0 Å². The van der Waals surface area contributed by atoms with Crippen molar-refractivity contribution < 1.29 is 0 Å². The van der Waals surface area contributed by atoms with Crippen LogP contribution in [0.5, 0.6) is 0 Å². The Hall–Kier alpha value is -3.12. The molecule has 0 spiro atoms. The first-order chi connectivity index (χ1) is 11.6. The first-order valence-electron chi connectivity index (χ1n) is 7.85. The summed E-state index contributed by atoms with van der Waals surface area (Å²) in [5.74, 6) is 0.